The van der Waals surface area contributed by atoms with E-state index >= 15 is 0 Å². The third-order valence-corrected chi connectivity index (χ3v) is 7.01. The third kappa shape index (κ3) is 3.26. The minimum Gasteiger partial charge on any atom is -0.347 e. The van der Waals surface area contributed by atoms with Gasteiger partial charge >= 0.3 is 0 Å². The van der Waals surface area contributed by atoms with Gasteiger partial charge in [-0.1, -0.05) is 24.3 Å². The van der Waals surface area contributed by atoms with Crippen molar-refractivity contribution >= 4 is 11.8 Å². The molecule has 0 aliphatic heterocycles. The Balaban J connectivity index is 1.33. The summed E-state index contributed by atoms with van der Waals surface area (Å²) in [5, 5.41) is 2.99. The summed E-state index contributed by atoms with van der Waals surface area (Å²) < 4.78 is 0. The van der Waals surface area contributed by atoms with Gasteiger partial charge in [-0.05, 0) is 74.3 Å². The molecule has 0 heterocycles. The second-order valence-electron chi connectivity index (χ2n) is 9.06. The number of hydrogen-bond acceptors (Lipinski definition) is 2. The Kier molecular flexibility index (Phi) is 4.54. The van der Waals surface area contributed by atoms with E-state index in [0.29, 0.717) is 6.54 Å². The van der Waals surface area contributed by atoms with Crippen LogP contribution in [0.2, 0.25) is 0 Å². The molecule has 4 fully saturated rings. The fourth-order valence-electron chi connectivity index (χ4n) is 6.00. The number of nitrogens with one attached hydrogen (secondary N) is 1. The second kappa shape index (κ2) is 6.71. The van der Waals surface area contributed by atoms with Crippen LogP contribution >= 0.6 is 0 Å². The molecular formula is C22H30N2O2. The van der Waals surface area contributed by atoms with Gasteiger partial charge in [0.15, 0.2) is 0 Å². The molecule has 4 aliphatic carbocycles. The van der Waals surface area contributed by atoms with E-state index in [4.69, 9.17) is 0 Å². The first-order chi connectivity index (χ1) is 12.4. The molecule has 1 N–H and O–H groups in total. The van der Waals surface area contributed by atoms with Gasteiger partial charge in [-0.3, -0.25) is 9.59 Å². The molecule has 4 nitrogen and oxygen atoms in total. The maximum absolute atomic E-state index is 13.0. The monoisotopic (exact) mass is 354 g/mol. The summed E-state index contributed by atoms with van der Waals surface area (Å²) in [7, 11) is 1.81. The van der Waals surface area contributed by atoms with Gasteiger partial charge in [-0.25, -0.2) is 0 Å². The van der Waals surface area contributed by atoms with Crippen LogP contribution in [0.3, 0.4) is 0 Å². The normalized spacial score (nSPS) is 31.7. The molecule has 0 spiro atoms. The van der Waals surface area contributed by atoms with Crippen molar-refractivity contribution in [2.24, 2.45) is 23.2 Å². The summed E-state index contributed by atoms with van der Waals surface area (Å²) in [6.45, 7) is 2.75. The van der Waals surface area contributed by atoms with Crippen molar-refractivity contribution in [1.29, 1.82) is 0 Å². The minimum absolute atomic E-state index is 0.0219. The first-order valence-electron chi connectivity index (χ1n) is 10.0. The predicted octanol–water partition coefficient (Wildman–Crippen LogP) is 3.29. The standard InChI is InChI=1S/C22H30N2O2/c1-15-5-3-4-6-19(15)14-24(2)20(25)13-23-21(26)22-10-16-7-17(11-22)9-18(8-16)12-22/h3-6,16-18H,7-14H2,1-2H3,(H,23,26). The summed E-state index contributed by atoms with van der Waals surface area (Å²) in [5.74, 6) is 2.34. The van der Waals surface area contributed by atoms with Crippen LogP contribution in [-0.4, -0.2) is 30.3 Å². The number of likely N-dealkylation sites (N-methyl/N-ethyl adjacent to an activating group) is 1. The molecule has 0 unspecified atom stereocenters. The molecule has 4 heteroatoms. The molecule has 140 valence electrons. The molecule has 4 bridgehead atoms. The van der Waals surface area contributed by atoms with Crippen LogP contribution in [0, 0.1) is 30.1 Å². The van der Waals surface area contributed by atoms with Gasteiger partial charge in [0.25, 0.3) is 0 Å². The fraction of sp³-hybridized carbons (Fsp3) is 0.636. The van der Waals surface area contributed by atoms with Gasteiger partial charge in [-0.2, -0.15) is 0 Å². The predicted molar refractivity (Wildman–Crippen MR) is 101 cm³/mol. The largest absolute Gasteiger partial charge is 0.347 e. The lowest BCUT2D eigenvalue weighted by molar-refractivity contribution is -0.147. The van der Waals surface area contributed by atoms with E-state index < -0.39 is 0 Å². The molecular weight excluding hydrogens is 324 g/mol. The van der Waals surface area contributed by atoms with Crippen LogP contribution in [0.1, 0.15) is 49.7 Å². The highest BCUT2D eigenvalue weighted by Crippen LogP contribution is 2.60. The SMILES string of the molecule is Cc1ccccc1CN(C)C(=O)CNC(=O)C12CC3CC(CC(C3)C1)C2. The highest BCUT2D eigenvalue weighted by Gasteiger charge is 2.54. The van der Waals surface area contributed by atoms with Crippen LogP contribution in [0.25, 0.3) is 0 Å². The Bertz CT molecular complexity index is 677. The number of nitrogens with zero attached hydrogens (tertiary/aromatic N) is 1. The molecule has 2 amide bonds. The molecule has 4 saturated carbocycles. The summed E-state index contributed by atoms with van der Waals surface area (Å²) in [6, 6.07) is 8.11. The van der Waals surface area contributed by atoms with Gasteiger partial charge in [0.05, 0.1) is 6.54 Å². The van der Waals surface area contributed by atoms with Gasteiger partial charge < -0.3 is 10.2 Å². The average molecular weight is 354 g/mol. The van der Waals surface area contributed by atoms with Gasteiger partial charge in [0.1, 0.15) is 0 Å². The summed E-state index contributed by atoms with van der Waals surface area (Å²) in [6.07, 6.45) is 7.09. The first kappa shape index (κ1) is 17.6. The third-order valence-electron chi connectivity index (χ3n) is 7.01. The molecule has 1 aromatic rings. The van der Waals surface area contributed by atoms with E-state index in [1.165, 1.54) is 24.8 Å². The van der Waals surface area contributed by atoms with Crippen molar-refractivity contribution < 1.29 is 9.59 Å². The number of rotatable bonds is 5. The lowest BCUT2D eigenvalue weighted by Gasteiger charge is -2.55. The molecule has 0 radical (unpaired) electrons. The molecule has 0 saturated heterocycles. The highest BCUT2D eigenvalue weighted by atomic mass is 16.2. The number of hydrogen-bond donors (Lipinski definition) is 1. The minimum atomic E-state index is -0.177. The Morgan fingerprint density at radius 1 is 1.08 bits per heavy atom. The van der Waals surface area contributed by atoms with Crippen molar-refractivity contribution in [3.05, 3.63) is 35.4 Å². The Morgan fingerprint density at radius 3 is 2.23 bits per heavy atom. The van der Waals surface area contributed by atoms with Gasteiger partial charge in [-0.15, -0.1) is 0 Å². The van der Waals surface area contributed by atoms with Crippen molar-refractivity contribution in [2.45, 2.75) is 52.0 Å². The Labute approximate surface area is 156 Å². The number of carbonyl (C=O) groups is 2. The molecule has 1 aromatic carbocycles. The van der Waals surface area contributed by atoms with Crippen molar-refractivity contribution in [2.75, 3.05) is 13.6 Å². The van der Waals surface area contributed by atoms with Crippen LogP contribution < -0.4 is 5.32 Å². The summed E-state index contributed by atoms with van der Waals surface area (Å²) in [4.78, 5) is 27.2. The topological polar surface area (TPSA) is 49.4 Å². The Morgan fingerprint density at radius 2 is 1.65 bits per heavy atom. The number of amides is 2. The van der Waals surface area contributed by atoms with E-state index in [-0.39, 0.29) is 23.8 Å². The zero-order valence-electron chi connectivity index (χ0n) is 16.0. The molecule has 5 rings (SSSR count). The number of aryl methyl sites for hydroxylation is 1. The lowest BCUT2D eigenvalue weighted by atomic mass is 9.49. The second-order valence-corrected chi connectivity index (χ2v) is 9.06. The van der Waals surface area contributed by atoms with Gasteiger partial charge in [0, 0.05) is 19.0 Å². The van der Waals surface area contributed by atoms with E-state index in [2.05, 4.69) is 18.3 Å². The maximum atomic E-state index is 13.0. The van der Waals surface area contributed by atoms with Crippen LogP contribution in [-0.2, 0) is 16.1 Å². The van der Waals surface area contributed by atoms with E-state index in [1.807, 2.05) is 25.2 Å². The van der Waals surface area contributed by atoms with E-state index in [9.17, 15) is 9.59 Å². The van der Waals surface area contributed by atoms with Crippen LogP contribution in [0.5, 0.6) is 0 Å². The highest BCUT2D eigenvalue weighted by molar-refractivity contribution is 5.88. The Hall–Kier alpha value is -1.84. The zero-order chi connectivity index (χ0) is 18.3. The molecule has 26 heavy (non-hydrogen) atoms. The smallest absolute Gasteiger partial charge is 0.242 e. The van der Waals surface area contributed by atoms with E-state index in [1.54, 1.807) is 4.90 Å². The van der Waals surface area contributed by atoms with Gasteiger partial charge in [0.2, 0.25) is 11.8 Å². The van der Waals surface area contributed by atoms with Crippen molar-refractivity contribution in [3.63, 3.8) is 0 Å². The fourth-order valence-corrected chi connectivity index (χ4v) is 6.00. The summed E-state index contributed by atoms with van der Waals surface area (Å²) in [5.41, 5.74) is 2.16. The first-order valence-corrected chi connectivity index (χ1v) is 10.0. The van der Waals surface area contributed by atoms with Crippen LogP contribution in [0.4, 0.5) is 0 Å². The maximum Gasteiger partial charge on any atom is 0.242 e. The van der Waals surface area contributed by atoms with E-state index in [0.717, 1.165) is 42.6 Å². The lowest BCUT2D eigenvalue weighted by Crippen LogP contribution is -2.54. The summed E-state index contributed by atoms with van der Waals surface area (Å²) >= 11 is 0. The molecule has 0 atom stereocenters. The quantitative estimate of drug-likeness (QED) is 0.882. The van der Waals surface area contributed by atoms with Crippen LogP contribution in [0.15, 0.2) is 24.3 Å². The number of benzene rings is 1. The molecule has 0 aromatic heterocycles. The van der Waals surface area contributed by atoms with Crippen molar-refractivity contribution in [1.82, 2.24) is 10.2 Å². The number of carbonyl (C=O) groups excluding carboxylic acids is 2. The zero-order valence-corrected chi connectivity index (χ0v) is 16.0. The average Bonchev–Trinajstić information content (AvgIpc) is 2.60. The van der Waals surface area contributed by atoms with Crippen molar-refractivity contribution in [3.8, 4) is 0 Å². The molecule has 4 aliphatic rings.